The van der Waals surface area contributed by atoms with Crippen LogP contribution in [-0.2, 0) is 5.41 Å². The average molecular weight is 278 g/mol. The van der Waals surface area contributed by atoms with Crippen LogP contribution in [-0.4, -0.2) is 0 Å². The van der Waals surface area contributed by atoms with Gasteiger partial charge in [-0.05, 0) is 41.7 Å². The Hall–Kier alpha value is -2.27. The maximum atomic E-state index is 8.94. The minimum absolute atomic E-state index is 0.177. The maximum absolute atomic E-state index is 8.94. The number of rotatable bonds is 3. The summed E-state index contributed by atoms with van der Waals surface area (Å²) in [5, 5.41) is 12.4. The van der Waals surface area contributed by atoms with Gasteiger partial charge in [0.1, 0.15) is 0 Å². The molecule has 2 aromatic rings. The third-order valence-corrected chi connectivity index (χ3v) is 3.65. The van der Waals surface area contributed by atoms with E-state index in [-0.39, 0.29) is 11.5 Å². The molecule has 0 aliphatic heterocycles. The van der Waals surface area contributed by atoms with Crippen molar-refractivity contribution in [3.63, 3.8) is 0 Å². The lowest BCUT2D eigenvalue weighted by Crippen LogP contribution is -2.12. The van der Waals surface area contributed by atoms with Gasteiger partial charge in [-0.3, -0.25) is 0 Å². The van der Waals surface area contributed by atoms with E-state index in [1.165, 1.54) is 11.1 Å². The fourth-order valence-corrected chi connectivity index (χ4v) is 2.28. The van der Waals surface area contributed by atoms with Crippen LogP contribution in [0.3, 0.4) is 0 Å². The highest BCUT2D eigenvalue weighted by molar-refractivity contribution is 5.50. The van der Waals surface area contributed by atoms with Crippen molar-refractivity contribution in [2.45, 2.75) is 39.2 Å². The molecule has 0 aliphatic rings. The van der Waals surface area contributed by atoms with Gasteiger partial charge >= 0.3 is 0 Å². The molecule has 1 N–H and O–H groups in total. The van der Waals surface area contributed by atoms with Crippen molar-refractivity contribution < 1.29 is 0 Å². The van der Waals surface area contributed by atoms with Gasteiger partial charge in [-0.1, -0.05) is 51.1 Å². The molecule has 21 heavy (non-hydrogen) atoms. The summed E-state index contributed by atoms with van der Waals surface area (Å²) in [6.07, 6.45) is 0. The molecule has 1 unspecified atom stereocenters. The van der Waals surface area contributed by atoms with Crippen molar-refractivity contribution in [2.24, 2.45) is 0 Å². The number of benzene rings is 2. The Bertz CT molecular complexity index is 643. The fraction of sp³-hybridized carbons (Fsp3) is 0.316. The first-order valence-corrected chi connectivity index (χ1v) is 7.27. The molecule has 0 aromatic heterocycles. The number of hydrogen-bond donors (Lipinski definition) is 1. The van der Waals surface area contributed by atoms with Crippen LogP contribution in [0.2, 0.25) is 0 Å². The molecule has 0 radical (unpaired) electrons. The quantitative estimate of drug-likeness (QED) is 0.854. The molecule has 2 aromatic carbocycles. The van der Waals surface area contributed by atoms with Gasteiger partial charge in [0, 0.05) is 11.7 Å². The monoisotopic (exact) mass is 278 g/mol. The molecule has 0 spiro atoms. The second-order valence-electron chi connectivity index (χ2n) is 6.43. The zero-order chi connectivity index (χ0) is 15.5. The Balaban J connectivity index is 2.13. The van der Waals surface area contributed by atoms with Crippen LogP contribution in [0, 0.1) is 11.3 Å². The number of anilines is 1. The maximum Gasteiger partial charge on any atom is 0.0992 e. The topological polar surface area (TPSA) is 35.8 Å². The number of hydrogen-bond acceptors (Lipinski definition) is 2. The first-order valence-electron chi connectivity index (χ1n) is 7.27. The lowest BCUT2D eigenvalue weighted by atomic mass is 9.86. The van der Waals surface area contributed by atoms with E-state index in [9.17, 15) is 0 Å². The van der Waals surface area contributed by atoms with Gasteiger partial charge in [0.15, 0.2) is 0 Å². The van der Waals surface area contributed by atoms with Gasteiger partial charge in [-0.25, -0.2) is 0 Å². The summed E-state index contributed by atoms with van der Waals surface area (Å²) in [7, 11) is 0. The predicted molar refractivity (Wildman–Crippen MR) is 88.3 cm³/mol. The summed E-state index contributed by atoms with van der Waals surface area (Å²) in [5.74, 6) is 0. The van der Waals surface area contributed by atoms with Gasteiger partial charge in [0.25, 0.3) is 0 Å². The van der Waals surface area contributed by atoms with E-state index in [2.05, 4.69) is 63.3 Å². The second kappa shape index (κ2) is 6.01. The SMILES string of the molecule is CC(Nc1cccc(C#N)c1)c1ccc(C(C)(C)C)cc1. The van der Waals surface area contributed by atoms with Crippen LogP contribution in [0.5, 0.6) is 0 Å². The highest BCUT2D eigenvalue weighted by Crippen LogP contribution is 2.25. The Morgan fingerprint density at radius 2 is 1.71 bits per heavy atom. The number of nitriles is 1. The molecular formula is C19H22N2. The Morgan fingerprint density at radius 1 is 1.05 bits per heavy atom. The second-order valence-corrected chi connectivity index (χ2v) is 6.43. The highest BCUT2D eigenvalue weighted by atomic mass is 14.9. The Kier molecular flexibility index (Phi) is 4.33. The van der Waals surface area contributed by atoms with Crippen molar-refractivity contribution in [1.29, 1.82) is 5.26 Å². The zero-order valence-electron chi connectivity index (χ0n) is 13.1. The fourth-order valence-electron chi connectivity index (χ4n) is 2.28. The summed E-state index contributed by atoms with van der Waals surface area (Å²) in [5.41, 5.74) is 4.41. The lowest BCUT2D eigenvalue weighted by Gasteiger charge is -2.21. The molecule has 0 bridgehead atoms. The first kappa shape index (κ1) is 15.1. The van der Waals surface area contributed by atoms with Gasteiger partial charge in [0.05, 0.1) is 11.6 Å². The number of nitrogens with one attached hydrogen (secondary N) is 1. The van der Waals surface area contributed by atoms with E-state index < -0.39 is 0 Å². The third kappa shape index (κ3) is 3.86. The average Bonchev–Trinajstić information content (AvgIpc) is 2.46. The third-order valence-electron chi connectivity index (χ3n) is 3.65. The minimum Gasteiger partial charge on any atom is -0.378 e. The van der Waals surface area contributed by atoms with E-state index in [0.717, 1.165) is 5.69 Å². The molecular weight excluding hydrogens is 256 g/mol. The van der Waals surface area contributed by atoms with E-state index in [0.29, 0.717) is 5.56 Å². The predicted octanol–water partition coefficient (Wildman–Crippen LogP) is 5.03. The van der Waals surface area contributed by atoms with E-state index in [1.54, 1.807) is 0 Å². The first-order chi connectivity index (χ1) is 9.90. The van der Waals surface area contributed by atoms with Gasteiger partial charge in [-0.15, -0.1) is 0 Å². The smallest absolute Gasteiger partial charge is 0.0992 e. The summed E-state index contributed by atoms with van der Waals surface area (Å²) in [6, 6.07) is 18.7. The standard InChI is InChI=1S/C19H22N2/c1-14(21-18-7-5-6-15(12-18)13-20)16-8-10-17(11-9-16)19(2,3)4/h5-12,14,21H,1-4H3. The van der Waals surface area contributed by atoms with Crippen molar-refractivity contribution in [3.05, 3.63) is 65.2 Å². The largest absolute Gasteiger partial charge is 0.378 e. The van der Waals surface area contributed by atoms with Gasteiger partial charge in [-0.2, -0.15) is 5.26 Å². The molecule has 0 fully saturated rings. The summed E-state index contributed by atoms with van der Waals surface area (Å²) < 4.78 is 0. The van der Waals surface area contributed by atoms with Crippen LogP contribution < -0.4 is 5.32 Å². The molecule has 108 valence electrons. The summed E-state index contributed by atoms with van der Waals surface area (Å²) in [6.45, 7) is 8.79. The van der Waals surface area contributed by atoms with Crippen LogP contribution in [0.15, 0.2) is 48.5 Å². The van der Waals surface area contributed by atoms with Crippen LogP contribution >= 0.6 is 0 Å². The molecule has 2 nitrogen and oxygen atoms in total. The molecule has 2 heteroatoms. The minimum atomic E-state index is 0.177. The molecule has 0 saturated carbocycles. The summed E-state index contributed by atoms with van der Waals surface area (Å²) in [4.78, 5) is 0. The molecule has 1 atom stereocenters. The van der Waals surface area contributed by atoms with Crippen LogP contribution in [0.1, 0.15) is 50.4 Å². The van der Waals surface area contributed by atoms with Crippen LogP contribution in [0.4, 0.5) is 5.69 Å². The normalized spacial score (nSPS) is 12.5. The molecule has 2 rings (SSSR count). The van der Waals surface area contributed by atoms with Crippen molar-refractivity contribution in [3.8, 4) is 6.07 Å². The van der Waals surface area contributed by atoms with E-state index in [1.807, 2.05) is 24.3 Å². The van der Waals surface area contributed by atoms with Crippen LogP contribution in [0.25, 0.3) is 0 Å². The molecule has 0 aliphatic carbocycles. The van der Waals surface area contributed by atoms with E-state index >= 15 is 0 Å². The van der Waals surface area contributed by atoms with Gasteiger partial charge in [0.2, 0.25) is 0 Å². The van der Waals surface area contributed by atoms with Gasteiger partial charge < -0.3 is 5.32 Å². The Labute approximate surface area is 127 Å². The summed E-state index contributed by atoms with van der Waals surface area (Å²) >= 11 is 0. The molecule has 0 heterocycles. The zero-order valence-corrected chi connectivity index (χ0v) is 13.1. The number of nitrogens with zero attached hydrogens (tertiary/aromatic N) is 1. The molecule has 0 saturated heterocycles. The Morgan fingerprint density at radius 3 is 2.29 bits per heavy atom. The highest BCUT2D eigenvalue weighted by Gasteiger charge is 2.14. The molecule has 0 amide bonds. The van der Waals surface area contributed by atoms with Crippen molar-refractivity contribution >= 4 is 5.69 Å². The van der Waals surface area contributed by atoms with E-state index in [4.69, 9.17) is 5.26 Å². The lowest BCUT2D eigenvalue weighted by molar-refractivity contribution is 0.589. The van der Waals surface area contributed by atoms with Crippen molar-refractivity contribution in [2.75, 3.05) is 5.32 Å². The van der Waals surface area contributed by atoms with Crippen molar-refractivity contribution in [1.82, 2.24) is 0 Å².